The minimum absolute atomic E-state index is 0.0243. The summed E-state index contributed by atoms with van der Waals surface area (Å²) in [5.74, 6) is 0.792. The molecule has 4 heteroatoms. The minimum Gasteiger partial charge on any atom is -0.492 e. The Hall–Kier alpha value is -3.14. The molecule has 0 N–H and O–H groups in total. The summed E-state index contributed by atoms with van der Waals surface area (Å²) < 4.78 is 5.83. The van der Waals surface area contributed by atoms with Crippen LogP contribution >= 0.6 is 11.6 Å². The highest BCUT2D eigenvalue weighted by Gasteiger charge is 2.17. The number of benzene rings is 4. The standard InChI is InChI=1S/C27H24ClNO2/c1-29(2)17-18-31-23-14-9-20(10-15-23)26-24-6-4-3-5-19(24)11-16-25(26)27(30)21-7-12-22(28)13-8-21/h3-16H,17-18H2,1-2H3. The number of nitrogens with zero attached hydrogens (tertiary/aromatic N) is 1. The Kier molecular flexibility index (Phi) is 6.36. The van der Waals surface area contributed by atoms with Crippen molar-refractivity contribution in [1.82, 2.24) is 4.90 Å². The first-order valence-corrected chi connectivity index (χ1v) is 10.6. The minimum atomic E-state index is -0.0243. The second-order valence-electron chi connectivity index (χ2n) is 7.72. The van der Waals surface area contributed by atoms with Crippen LogP contribution in [0.5, 0.6) is 5.75 Å². The van der Waals surface area contributed by atoms with Crippen molar-refractivity contribution in [2.75, 3.05) is 27.2 Å². The zero-order valence-electron chi connectivity index (χ0n) is 17.6. The first-order valence-electron chi connectivity index (χ1n) is 10.2. The molecule has 0 radical (unpaired) electrons. The average molecular weight is 430 g/mol. The van der Waals surface area contributed by atoms with Crippen LogP contribution in [0.25, 0.3) is 21.9 Å². The summed E-state index contributed by atoms with van der Waals surface area (Å²) in [7, 11) is 4.04. The highest BCUT2D eigenvalue weighted by atomic mass is 35.5. The lowest BCUT2D eigenvalue weighted by atomic mass is 9.89. The van der Waals surface area contributed by atoms with Crippen LogP contribution in [-0.4, -0.2) is 37.9 Å². The molecule has 0 amide bonds. The smallest absolute Gasteiger partial charge is 0.193 e. The molecular weight excluding hydrogens is 406 g/mol. The lowest BCUT2D eigenvalue weighted by molar-refractivity contribution is 0.103. The van der Waals surface area contributed by atoms with E-state index in [0.717, 1.165) is 34.2 Å². The SMILES string of the molecule is CN(C)CCOc1ccc(-c2c(C(=O)c3ccc(Cl)cc3)ccc3ccccc23)cc1. The second kappa shape index (κ2) is 9.34. The molecule has 0 saturated carbocycles. The Balaban J connectivity index is 1.76. The van der Waals surface area contributed by atoms with Gasteiger partial charge in [-0.3, -0.25) is 4.79 Å². The van der Waals surface area contributed by atoms with Crippen molar-refractivity contribution in [3.63, 3.8) is 0 Å². The fourth-order valence-corrected chi connectivity index (χ4v) is 3.72. The number of fused-ring (bicyclic) bond motifs is 1. The number of halogens is 1. The van der Waals surface area contributed by atoms with E-state index in [0.29, 0.717) is 22.8 Å². The summed E-state index contributed by atoms with van der Waals surface area (Å²) in [5, 5.41) is 2.75. The van der Waals surface area contributed by atoms with Crippen LogP contribution in [0.1, 0.15) is 15.9 Å². The molecule has 156 valence electrons. The van der Waals surface area contributed by atoms with Gasteiger partial charge in [0.2, 0.25) is 0 Å². The summed E-state index contributed by atoms with van der Waals surface area (Å²) in [6.07, 6.45) is 0. The quantitative estimate of drug-likeness (QED) is 0.321. The number of carbonyl (C=O) groups is 1. The molecule has 0 fully saturated rings. The highest BCUT2D eigenvalue weighted by molar-refractivity contribution is 6.30. The topological polar surface area (TPSA) is 29.5 Å². The molecule has 0 spiro atoms. The number of carbonyl (C=O) groups excluding carboxylic acids is 1. The van der Waals surface area contributed by atoms with E-state index >= 15 is 0 Å². The Morgan fingerprint density at radius 2 is 1.58 bits per heavy atom. The van der Waals surface area contributed by atoms with Gasteiger partial charge < -0.3 is 9.64 Å². The molecule has 4 rings (SSSR count). The number of rotatable bonds is 7. The van der Waals surface area contributed by atoms with E-state index in [1.54, 1.807) is 24.3 Å². The first kappa shape index (κ1) is 21.1. The number of likely N-dealkylation sites (N-methyl/N-ethyl adjacent to an activating group) is 1. The second-order valence-corrected chi connectivity index (χ2v) is 8.16. The van der Waals surface area contributed by atoms with Crippen LogP contribution in [0, 0.1) is 0 Å². The van der Waals surface area contributed by atoms with E-state index in [1.165, 1.54) is 0 Å². The van der Waals surface area contributed by atoms with Crippen molar-refractivity contribution in [2.24, 2.45) is 0 Å². The van der Waals surface area contributed by atoms with Gasteiger partial charge >= 0.3 is 0 Å². The van der Waals surface area contributed by atoms with E-state index in [4.69, 9.17) is 16.3 Å². The molecular formula is C27H24ClNO2. The van der Waals surface area contributed by atoms with Crippen LogP contribution in [0.2, 0.25) is 5.02 Å². The molecule has 0 bridgehead atoms. The van der Waals surface area contributed by atoms with Gasteiger partial charge in [0.1, 0.15) is 12.4 Å². The molecule has 0 heterocycles. The van der Waals surface area contributed by atoms with Gasteiger partial charge in [-0.2, -0.15) is 0 Å². The van der Waals surface area contributed by atoms with Gasteiger partial charge in [0.05, 0.1) is 0 Å². The maximum atomic E-state index is 13.4. The monoisotopic (exact) mass is 429 g/mol. The van der Waals surface area contributed by atoms with Crippen molar-refractivity contribution < 1.29 is 9.53 Å². The van der Waals surface area contributed by atoms with Gasteiger partial charge in [-0.1, -0.05) is 54.1 Å². The fourth-order valence-electron chi connectivity index (χ4n) is 3.59. The molecule has 0 saturated heterocycles. The summed E-state index contributed by atoms with van der Waals surface area (Å²) >= 11 is 6.01. The maximum absolute atomic E-state index is 13.4. The molecule has 0 aliphatic heterocycles. The van der Waals surface area contributed by atoms with Gasteiger partial charge in [0.15, 0.2) is 5.78 Å². The van der Waals surface area contributed by atoms with Crippen LogP contribution in [0.3, 0.4) is 0 Å². The number of ketones is 1. The van der Waals surface area contributed by atoms with Gasteiger partial charge in [0.25, 0.3) is 0 Å². The molecule has 31 heavy (non-hydrogen) atoms. The average Bonchev–Trinajstić information content (AvgIpc) is 2.79. The Labute approximate surface area is 187 Å². The number of ether oxygens (including phenoxy) is 1. The zero-order chi connectivity index (χ0) is 21.8. The van der Waals surface area contributed by atoms with Crippen molar-refractivity contribution in [1.29, 1.82) is 0 Å². The van der Waals surface area contributed by atoms with Crippen LogP contribution in [-0.2, 0) is 0 Å². The van der Waals surface area contributed by atoms with Crippen LogP contribution in [0.15, 0.2) is 84.9 Å². The predicted molar refractivity (Wildman–Crippen MR) is 128 cm³/mol. The molecule has 0 atom stereocenters. The molecule has 3 nitrogen and oxygen atoms in total. The largest absolute Gasteiger partial charge is 0.492 e. The molecule has 0 unspecified atom stereocenters. The Bertz CT molecular complexity index is 1200. The Morgan fingerprint density at radius 3 is 2.29 bits per heavy atom. The first-order chi connectivity index (χ1) is 15.0. The molecule has 0 aliphatic carbocycles. The third-order valence-corrected chi connectivity index (χ3v) is 5.48. The molecule has 4 aromatic rings. The zero-order valence-corrected chi connectivity index (χ0v) is 18.4. The molecule has 4 aromatic carbocycles. The van der Waals surface area contributed by atoms with Gasteiger partial charge in [-0.15, -0.1) is 0 Å². The van der Waals surface area contributed by atoms with Crippen LogP contribution < -0.4 is 4.74 Å². The lowest BCUT2D eigenvalue weighted by Gasteiger charge is -2.15. The van der Waals surface area contributed by atoms with E-state index in [-0.39, 0.29) is 5.78 Å². The summed E-state index contributed by atoms with van der Waals surface area (Å²) in [5.41, 5.74) is 3.19. The van der Waals surface area contributed by atoms with Crippen molar-refractivity contribution in [2.45, 2.75) is 0 Å². The highest BCUT2D eigenvalue weighted by Crippen LogP contribution is 2.34. The van der Waals surface area contributed by atoms with E-state index < -0.39 is 0 Å². The Morgan fingerprint density at radius 1 is 0.871 bits per heavy atom. The molecule has 0 aromatic heterocycles. The third kappa shape index (κ3) is 4.79. The van der Waals surface area contributed by atoms with Crippen molar-refractivity contribution in [3.05, 3.63) is 101 Å². The predicted octanol–water partition coefficient (Wildman–Crippen LogP) is 6.33. The lowest BCUT2D eigenvalue weighted by Crippen LogP contribution is -2.19. The number of hydrogen-bond acceptors (Lipinski definition) is 3. The van der Waals surface area contributed by atoms with Crippen molar-refractivity contribution in [3.8, 4) is 16.9 Å². The van der Waals surface area contributed by atoms with Crippen molar-refractivity contribution >= 4 is 28.2 Å². The fraction of sp³-hybridized carbons (Fsp3) is 0.148. The van der Waals surface area contributed by atoms with Gasteiger partial charge in [-0.05, 0) is 72.9 Å². The van der Waals surface area contributed by atoms with E-state index in [2.05, 4.69) is 17.0 Å². The van der Waals surface area contributed by atoms with E-state index in [1.807, 2.05) is 62.6 Å². The number of hydrogen-bond donors (Lipinski definition) is 0. The molecule has 0 aliphatic rings. The summed E-state index contributed by atoms with van der Waals surface area (Å²) in [6.45, 7) is 1.48. The normalized spacial score (nSPS) is 11.1. The van der Waals surface area contributed by atoms with E-state index in [9.17, 15) is 4.79 Å². The summed E-state index contributed by atoms with van der Waals surface area (Å²) in [4.78, 5) is 15.5. The van der Waals surface area contributed by atoms with Crippen LogP contribution in [0.4, 0.5) is 0 Å². The van der Waals surface area contributed by atoms with Gasteiger partial charge in [-0.25, -0.2) is 0 Å². The van der Waals surface area contributed by atoms with Gasteiger partial charge in [0, 0.05) is 28.3 Å². The maximum Gasteiger partial charge on any atom is 0.193 e. The summed E-state index contributed by atoms with van der Waals surface area (Å²) in [6, 6.07) is 27.0. The third-order valence-electron chi connectivity index (χ3n) is 5.23.